The molecule has 25 heavy (non-hydrogen) atoms. The Hall–Kier alpha value is -1.84. The predicted molar refractivity (Wildman–Crippen MR) is 106 cm³/mol. The third kappa shape index (κ3) is 3.07. The van der Waals surface area contributed by atoms with Gasteiger partial charge in [-0.2, -0.15) is 0 Å². The van der Waals surface area contributed by atoms with Crippen molar-refractivity contribution in [2.75, 3.05) is 0 Å². The number of nitrogens with one attached hydrogen (secondary N) is 1. The molecule has 2 aromatic carbocycles. The second kappa shape index (κ2) is 6.81. The first-order valence-electron chi connectivity index (χ1n) is 8.77. The monoisotopic (exact) mass is 369 g/mol. The van der Waals surface area contributed by atoms with Crippen molar-refractivity contribution in [2.24, 2.45) is 0 Å². The van der Waals surface area contributed by atoms with E-state index >= 15 is 0 Å². The highest BCUT2D eigenvalue weighted by molar-refractivity contribution is 7.21. The molecule has 3 aromatic rings. The van der Waals surface area contributed by atoms with E-state index in [2.05, 4.69) is 42.6 Å². The van der Waals surface area contributed by atoms with Gasteiger partial charge in [-0.15, -0.1) is 11.3 Å². The standard InChI is InChI=1S/C21H20ClNOS/c1-2-13-10-11-16-18(12-13)25-20(19(16)22)21(24)23-17-9-5-7-14-6-3-4-8-15(14)17/h3-4,6,8,10-12,17H,2,5,7,9H2,1H3,(H,23,24)/t17-/m1/s1. The normalized spacial score (nSPS) is 16.6. The van der Waals surface area contributed by atoms with Crippen molar-refractivity contribution in [2.45, 2.75) is 38.6 Å². The molecule has 0 radical (unpaired) electrons. The van der Waals surface area contributed by atoms with Crippen LogP contribution in [0.25, 0.3) is 10.1 Å². The quantitative estimate of drug-likeness (QED) is 0.609. The molecule has 1 heterocycles. The Morgan fingerprint density at radius 2 is 2.12 bits per heavy atom. The smallest absolute Gasteiger partial charge is 0.263 e. The first kappa shape index (κ1) is 16.6. The molecule has 2 nitrogen and oxygen atoms in total. The van der Waals surface area contributed by atoms with E-state index in [1.54, 1.807) is 0 Å². The third-order valence-corrected chi connectivity index (χ3v) is 6.64. The molecule has 4 heteroatoms. The van der Waals surface area contributed by atoms with E-state index < -0.39 is 0 Å². The topological polar surface area (TPSA) is 29.1 Å². The SMILES string of the molecule is CCc1ccc2c(Cl)c(C(=O)N[C@@H]3CCCc4ccccc43)sc2c1. The van der Waals surface area contributed by atoms with Gasteiger partial charge in [-0.1, -0.05) is 54.9 Å². The number of fused-ring (bicyclic) bond motifs is 2. The van der Waals surface area contributed by atoms with Crippen molar-refractivity contribution >= 4 is 38.9 Å². The molecule has 1 aliphatic rings. The molecular weight excluding hydrogens is 350 g/mol. The molecule has 0 unspecified atom stereocenters. The van der Waals surface area contributed by atoms with Crippen LogP contribution in [0.1, 0.15) is 52.2 Å². The molecule has 1 aromatic heterocycles. The molecule has 1 amide bonds. The fraction of sp³-hybridized carbons (Fsp3) is 0.286. The van der Waals surface area contributed by atoms with Crippen LogP contribution in [0.4, 0.5) is 0 Å². The van der Waals surface area contributed by atoms with E-state index in [9.17, 15) is 4.79 Å². The van der Waals surface area contributed by atoms with Crippen LogP contribution >= 0.6 is 22.9 Å². The molecule has 1 N–H and O–H groups in total. The molecule has 1 aliphatic carbocycles. The number of hydrogen-bond donors (Lipinski definition) is 1. The van der Waals surface area contributed by atoms with Crippen molar-refractivity contribution in [1.82, 2.24) is 5.32 Å². The van der Waals surface area contributed by atoms with Crippen LogP contribution in [0.5, 0.6) is 0 Å². The molecule has 0 saturated heterocycles. The van der Waals surface area contributed by atoms with Gasteiger partial charge < -0.3 is 5.32 Å². The zero-order valence-electron chi connectivity index (χ0n) is 14.1. The summed E-state index contributed by atoms with van der Waals surface area (Å²) in [6, 6.07) is 14.7. The Kier molecular flexibility index (Phi) is 4.53. The maximum absolute atomic E-state index is 12.9. The summed E-state index contributed by atoms with van der Waals surface area (Å²) >= 11 is 8.00. The zero-order valence-corrected chi connectivity index (χ0v) is 15.7. The highest BCUT2D eigenvalue weighted by atomic mass is 35.5. The highest BCUT2D eigenvalue weighted by Crippen LogP contribution is 2.37. The van der Waals surface area contributed by atoms with E-state index in [1.165, 1.54) is 28.0 Å². The minimum absolute atomic E-state index is 0.0639. The largest absolute Gasteiger partial charge is 0.344 e. The third-order valence-electron chi connectivity index (χ3n) is 4.98. The molecule has 0 bridgehead atoms. The molecule has 0 aliphatic heterocycles. The fourth-order valence-electron chi connectivity index (χ4n) is 3.60. The molecule has 0 saturated carbocycles. The van der Waals surface area contributed by atoms with Gasteiger partial charge in [-0.05, 0) is 48.4 Å². The molecule has 0 fully saturated rings. The van der Waals surface area contributed by atoms with Gasteiger partial charge in [0.15, 0.2) is 0 Å². The van der Waals surface area contributed by atoms with E-state index in [-0.39, 0.29) is 11.9 Å². The summed E-state index contributed by atoms with van der Waals surface area (Å²) in [5.74, 6) is -0.0639. The molecule has 128 valence electrons. The number of carbonyl (C=O) groups excluding carboxylic acids is 1. The summed E-state index contributed by atoms with van der Waals surface area (Å²) in [5, 5.41) is 4.75. The summed E-state index contributed by atoms with van der Waals surface area (Å²) in [7, 11) is 0. The van der Waals surface area contributed by atoms with Crippen LogP contribution in [-0.2, 0) is 12.8 Å². The summed E-state index contributed by atoms with van der Waals surface area (Å²) in [4.78, 5) is 13.5. The van der Waals surface area contributed by atoms with Crippen molar-refractivity contribution in [3.8, 4) is 0 Å². The summed E-state index contributed by atoms with van der Waals surface area (Å²) in [6.07, 6.45) is 4.14. The number of rotatable bonds is 3. The molecular formula is C21H20ClNOS. The van der Waals surface area contributed by atoms with Gasteiger partial charge >= 0.3 is 0 Å². The second-order valence-corrected chi connectivity index (χ2v) is 7.98. The minimum atomic E-state index is -0.0639. The lowest BCUT2D eigenvalue weighted by molar-refractivity contribution is 0.0937. The first-order valence-corrected chi connectivity index (χ1v) is 9.96. The Morgan fingerprint density at radius 3 is 2.96 bits per heavy atom. The van der Waals surface area contributed by atoms with E-state index in [4.69, 9.17) is 11.6 Å². The van der Waals surface area contributed by atoms with Crippen LogP contribution in [0, 0.1) is 0 Å². The zero-order chi connectivity index (χ0) is 17.4. The Balaban J connectivity index is 1.64. The number of halogens is 1. The van der Waals surface area contributed by atoms with E-state index in [0.717, 1.165) is 35.8 Å². The van der Waals surface area contributed by atoms with Crippen molar-refractivity contribution in [3.63, 3.8) is 0 Å². The number of carbonyl (C=O) groups is 1. The average molecular weight is 370 g/mol. The number of amides is 1. The van der Waals surface area contributed by atoms with E-state index in [0.29, 0.717) is 9.90 Å². The Labute approximate surface area is 156 Å². The predicted octanol–water partition coefficient (Wildman–Crippen LogP) is 5.92. The van der Waals surface area contributed by atoms with E-state index in [1.807, 2.05) is 12.1 Å². The van der Waals surface area contributed by atoms with Crippen LogP contribution in [0.15, 0.2) is 42.5 Å². The van der Waals surface area contributed by atoms with Crippen molar-refractivity contribution in [1.29, 1.82) is 0 Å². The van der Waals surface area contributed by atoms with Gasteiger partial charge in [0, 0.05) is 10.1 Å². The van der Waals surface area contributed by atoms with Gasteiger partial charge in [-0.3, -0.25) is 4.79 Å². The van der Waals surface area contributed by atoms with Gasteiger partial charge in [0.25, 0.3) is 5.91 Å². The minimum Gasteiger partial charge on any atom is -0.344 e. The number of thiophene rings is 1. The highest BCUT2D eigenvalue weighted by Gasteiger charge is 2.24. The maximum Gasteiger partial charge on any atom is 0.263 e. The number of hydrogen-bond acceptors (Lipinski definition) is 2. The lowest BCUT2D eigenvalue weighted by atomic mass is 9.88. The van der Waals surface area contributed by atoms with Crippen LogP contribution in [0.2, 0.25) is 5.02 Å². The fourth-order valence-corrected chi connectivity index (χ4v) is 5.09. The molecule has 0 spiro atoms. The first-order chi connectivity index (χ1) is 12.2. The maximum atomic E-state index is 12.9. The van der Waals surface area contributed by atoms with Gasteiger partial charge in [0.2, 0.25) is 0 Å². The van der Waals surface area contributed by atoms with Gasteiger partial charge in [-0.25, -0.2) is 0 Å². The van der Waals surface area contributed by atoms with Crippen molar-refractivity contribution < 1.29 is 4.79 Å². The lowest BCUT2D eigenvalue weighted by Gasteiger charge is -2.26. The number of benzene rings is 2. The van der Waals surface area contributed by atoms with Crippen LogP contribution in [-0.4, -0.2) is 5.91 Å². The van der Waals surface area contributed by atoms with Crippen molar-refractivity contribution in [3.05, 3.63) is 69.1 Å². The molecule has 1 atom stereocenters. The Bertz CT molecular complexity index is 946. The molecule has 4 rings (SSSR count). The van der Waals surface area contributed by atoms with Gasteiger partial charge in [0.05, 0.1) is 11.1 Å². The van der Waals surface area contributed by atoms with Crippen LogP contribution in [0.3, 0.4) is 0 Å². The lowest BCUT2D eigenvalue weighted by Crippen LogP contribution is -2.30. The number of aryl methyl sites for hydroxylation is 2. The Morgan fingerprint density at radius 1 is 1.28 bits per heavy atom. The summed E-state index contributed by atoms with van der Waals surface area (Å²) in [6.45, 7) is 2.13. The van der Waals surface area contributed by atoms with Crippen LogP contribution < -0.4 is 5.32 Å². The average Bonchev–Trinajstić information content (AvgIpc) is 2.98. The summed E-state index contributed by atoms with van der Waals surface area (Å²) in [5.41, 5.74) is 3.85. The van der Waals surface area contributed by atoms with Gasteiger partial charge in [0.1, 0.15) is 4.88 Å². The second-order valence-electron chi connectivity index (χ2n) is 6.55. The summed E-state index contributed by atoms with van der Waals surface area (Å²) < 4.78 is 1.08.